The Balaban J connectivity index is 1.48. The monoisotopic (exact) mass is 457 g/mol. The molecule has 2 fully saturated rings. The minimum atomic E-state index is -2.91. The first-order valence-electron chi connectivity index (χ1n) is 11.0. The summed E-state index contributed by atoms with van der Waals surface area (Å²) >= 11 is 0. The Morgan fingerprint density at radius 1 is 1.18 bits per heavy atom. The molecular formula is C25H26F3N3O2. The van der Waals surface area contributed by atoms with Crippen LogP contribution in [-0.2, 0) is 10.2 Å². The first kappa shape index (κ1) is 21.8. The number of nitrogens with zero attached hydrogens (tertiary/aromatic N) is 3. The van der Waals surface area contributed by atoms with Gasteiger partial charge in [-0.3, -0.25) is 0 Å². The molecule has 3 aromatic rings. The number of amides is 1. The Labute approximate surface area is 190 Å². The fraction of sp³-hybridized carbons (Fsp3) is 0.440. The molecule has 2 unspecified atom stereocenters. The van der Waals surface area contributed by atoms with Gasteiger partial charge in [-0.2, -0.15) is 5.10 Å². The summed E-state index contributed by atoms with van der Waals surface area (Å²) in [6.07, 6.45) is 1.26. The standard InChI is InChI=1S/C25H26F3N3O2/c1-15-11-20-16(13-29-31(20)18-7-5-17(26)6-8-18)12-19(15)24-9-10-30(14-21(24)25(24,27)28)22(32)33-23(2,3)4/h5-8,11-13,21H,9-10,14H2,1-4H3. The van der Waals surface area contributed by atoms with E-state index in [1.54, 1.807) is 49.8 Å². The molecule has 1 aromatic heterocycles. The number of alkyl halides is 2. The molecule has 1 saturated heterocycles. The van der Waals surface area contributed by atoms with Crippen LogP contribution in [0, 0.1) is 18.7 Å². The van der Waals surface area contributed by atoms with Crippen molar-refractivity contribution in [2.24, 2.45) is 5.92 Å². The molecule has 5 rings (SSSR count). The molecule has 5 nitrogen and oxygen atoms in total. The molecule has 1 aliphatic heterocycles. The second-order valence-corrected chi connectivity index (χ2v) is 10.1. The number of halogens is 3. The Morgan fingerprint density at radius 2 is 1.88 bits per heavy atom. The van der Waals surface area contributed by atoms with E-state index in [-0.39, 0.29) is 25.3 Å². The molecule has 1 saturated carbocycles. The van der Waals surface area contributed by atoms with Crippen molar-refractivity contribution in [3.8, 4) is 5.69 Å². The van der Waals surface area contributed by atoms with Crippen LogP contribution < -0.4 is 0 Å². The highest BCUT2D eigenvalue weighted by Crippen LogP contribution is 2.70. The Morgan fingerprint density at radius 3 is 2.52 bits per heavy atom. The van der Waals surface area contributed by atoms with Crippen LogP contribution in [0.5, 0.6) is 0 Å². The summed E-state index contributed by atoms with van der Waals surface area (Å²) in [4.78, 5) is 13.9. The molecule has 174 valence electrons. The lowest BCUT2D eigenvalue weighted by molar-refractivity contribution is 0.0195. The van der Waals surface area contributed by atoms with Gasteiger partial charge in [0.05, 0.1) is 28.7 Å². The van der Waals surface area contributed by atoms with Crippen LogP contribution in [0.25, 0.3) is 16.6 Å². The minimum Gasteiger partial charge on any atom is -0.444 e. The zero-order chi connectivity index (χ0) is 23.8. The van der Waals surface area contributed by atoms with Crippen molar-refractivity contribution < 1.29 is 22.7 Å². The highest BCUT2D eigenvalue weighted by Gasteiger charge is 2.82. The molecule has 1 aliphatic carbocycles. The van der Waals surface area contributed by atoms with Crippen LogP contribution in [0.2, 0.25) is 0 Å². The van der Waals surface area contributed by atoms with E-state index < -0.39 is 28.9 Å². The van der Waals surface area contributed by atoms with Gasteiger partial charge in [0, 0.05) is 18.5 Å². The van der Waals surface area contributed by atoms with Gasteiger partial charge in [-0.15, -0.1) is 0 Å². The van der Waals surface area contributed by atoms with Gasteiger partial charge in [0.2, 0.25) is 0 Å². The maximum absolute atomic E-state index is 15.3. The molecular weight excluding hydrogens is 431 g/mol. The maximum Gasteiger partial charge on any atom is 0.410 e. The van der Waals surface area contributed by atoms with Gasteiger partial charge in [0.1, 0.15) is 11.4 Å². The Hall–Kier alpha value is -3.03. The molecule has 33 heavy (non-hydrogen) atoms. The molecule has 2 aliphatic rings. The molecule has 2 atom stereocenters. The van der Waals surface area contributed by atoms with Crippen molar-refractivity contribution in [3.05, 3.63) is 59.5 Å². The third-order valence-corrected chi connectivity index (χ3v) is 6.84. The number of likely N-dealkylation sites (tertiary alicyclic amines) is 1. The number of rotatable bonds is 2. The van der Waals surface area contributed by atoms with Crippen molar-refractivity contribution >= 4 is 17.0 Å². The van der Waals surface area contributed by atoms with E-state index in [2.05, 4.69) is 5.10 Å². The second-order valence-electron chi connectivity index (χ2n) is 10.1. The molecule has 0 N–H and O–H groups in total. The van der Waals surface area contributed by atoms with Gasteiger partial charge in [-0.25, -0.2) is 22.6 Å². The summed E-state index contributed by atoms with van der Waals surface area (Å²) in [5.41, 5.74) is 0.848. The van der Waals surface area contributed by atoms with Gasteiger partial charge < -0.3 is 9.64 Å². The number of hydrogen-bond donors (Lipinski definition) is 0. The summed E-state index contributed by atoms with van der Waals surface area (Å²) in [6, 6.07) is 9.63. The van der Waals surface area contributed by atoms with Crippen molar-refractivity contribution in [1.82, 2.24) is 14.7 Å². The van der Waals surface area contributed by atoms with Crippen LogP contribution in [0.1, 0.15) is 38.3 Å². The average molecular weight is 457 g/mol. The molecule has 2 heterocycles. The third kappa shape index (κ3) is 3.30. The van der Waals surface area contributed by atoms with Crippen LogP contribution in [-0.4, -0.2) is 45.4 Å². The molecule has 2 aromatic carbocycles. The van der Waals surface area contributed by atoms with Crippen LogP contribution in [0.15, 0.2) is 42.6 Å². The number of carbonyl (C=O) groups is 1. The summed E-state index contributed by atoms with van der Waals surface area (Å²) in [7, 11) is 0. The average Bonchev–Trinajstić information content (AvgIpc) is 3.01. The summed E-state index contributed by atoms with van der Waals surface area (Å²) in [5.74, 6) is -4.20. The van der Waals surface area contributed by atoms with Gasteiger partial charge in [0.25, 0.3) is 5.92 Å². The SMILES string of the molecule is Cc1cc2c(cnn2-c2ccc(F)cc2)cc1C12CCN(C(=O)OC(C)(C)C)CC1C2(F)F. The molecule has 1 amide bonds. The van der Waals surface area contributed by atoms with E-state index in [0.717, 1.165) is 16.5 Å². The number of carbonyl (C=O) groups excluding carboxylic acids is 1. The lowest BCUT2D eigenvalue weighted by atomic mass is 9.83. The fourth-order valence-corrected chi connectivity index (χ4v) is 5.21. The number of ether oxygens (including phenoxy) is 1. The lowest BCUT2D eigenvalue weighted by Crippen LogP contribution is -2.43. The smallest absolute Gasteiger partial charge is 0.410 e. The van der Waals surface area contributed by atoms with Crippen molar-refractivity contribution in [2.75, 3.05) is 13.1 Å². The Bertz CT molecular complexity index is 1250. The van der Waals surface area contributed by atoms with Gasteiger partial charge in [-0.05, 0) is 81.6 Å². The predicted molar refractivity (Wildman–Crippen MR) is 118 cm³/mol. The number of aryl methyl sites for hydroxylation is 1. The van der Waals surface area contributed by atoms with E-state index in [1.807, 2.05) is 13.0 Å². The lowest BCUT2D eigenvalue weighted by Gasteiger charge is -2.32. The van der Waals surface area contributed by atoms with Crippen LogP contribution >= 0.6 is 0 Å². The summed E-state index contributed by atoms with van der Waals surface area (Å²) in [6.45, 7) is 7.29. The van der Waals surface area contributed by atoms with Gasteiger partial charge >= 0.3 is 6.09 Å². The molecule has 0 bridgehead atoms. The van der Waals surface area contributed by atoms with E-state index in [4.69, 9.17) is 4.74 Å². The number of aromatic nitrogens is 2. The largest absolute Gasteiger partial charge is 0.444 e. The van der Waals surface area contributed by atoms with Crippen molar-refractivity contribution in [1.29, 1.82) is 0 Å². The zero-order valence-corrected chi connectivity index (χ0v) is 19.0. The van der Waals surface area contributed by atoms with Crippen molar-refractivity contribution in [3.63, 3.8) is 0 Å². The van der Waals surface area contributed by atoms with E-state index in [0.29, 0.717) is 11.3 Å². The highest BCUT2D eigenvalue weighted by atomic mass is 19.3. The van der Waals surface area contributed by atoms with Crippen molar-refractivity contribution in [2.45, 2.75) is 51.1 Å². The number of piperidine rings is 1. The maximum atomic E-state index is 15.3. The fourth-order valence-electron chi connectivity index (χ4n) is 5.21. The topological polar surface area (TPSA) is 47.4 Å². The minimum absolute atomic E-state index is 0.0335. The molecule has 0 radical (unpaired) electrons. The van der Waals surface area contributed by atoms with Gasteiger partial charge in [0.15, 0.2) is 0 Å². The predicted octanol–water partition coefficient (Wildman–Crippen LogP) is 5.62. The molecule has 8 heteroatoms. The van der Waals surface area contributed by atoms with E-state index in [1.165, 1.54) is 17.0 Å². The number of hydrogen-bond acceptors (Lipinski definition) is 3. The third-order valence-electron chi connectivity index (χ3n) is 6.84. The van der Waals surface area contributed by atoms with Gasteiger partial charge in [-0.1, -0.05) is 0 Å². The second kappa shape index (κ2) is 6.98. The summed E-state index contributed by atoms with van der Waals surface area (Å²) in [5, 5.41) is 5.14. The molecule has 0 spiro atoms. The quantitative estimate of drug-likeness (QED) is 0.502. The van der Waals surface area contributed by atoms with E-state index in [9.17, 15) is 9.18 Å². The number of fused-ring (bicyclic) bond motifs is 2. The first-order chi connectivity index (χ1) is 15.4. The zero-order valence-electron chi connectivity index (χ0n) is 19.0. The number of benzene rings is 2. The first-order valence-corrected chi connectivity index (χ1v) is 11.0. The van der Waals surface area contributed by atoms with Crippen LogP contribution in [0.3, 0.4) is 0 Å². The Kier molecular flexibility index (Phi) is 4.61. The van der Waals surface area contributed by atoms with E-state index >= 15 is 8.78 Å². The normalized spacial score (nSPS) is 24.0. The summed E-state index contributed by atoms with van der Waals surface area (Å²) < 4.78 is 50.9. The van der Waals surface area contributed by atoms with Crippen LogP contribution in [0.4, 0.5) is 18.0 Å². The highest BCUT2D eigenvalue weighted by molar-refractivity contribution is 5.83.